The lowest BCUT2D eigenvalue weighted by atomic mass is 10.2. The molecule has 26 heavy (non-hydrogen) atoms. The number of nitrogens with zero attached hydrogens (tertiary/aromatic N) is 2. The van der Waals surface area contributed by atoms with Gasteiger partial charge in [0.1, 0.15) is 17.6 Å². The summed E-state index contributed by atoms with van der Waals surface area (Å²) in [6, 6.07) is 6.91. The molecular formula is C17H18FN5O3. The Morgan fingerprint density at radius 1 is 1.38 bits per heavy atom. The van der Waals surface area contributed by atoms with Gasteiger partial charge in [0.25, 0.3) is 17.4 Å². The number of aromatic amines is 1. The van der Waals surface area contributed by atoms with Crippen molar-refractivity contribution in [2.24, 2.45) is 0 Å². The minimum absolute atomic E-state index is 0.00685. The van der Waals surface area contributed by atoms with Crippen LogP contribution in [0.25, 0.3) is 0 Å². The van der Waals surface area contributed by atoms with Gasteiger partial charge in [-0.2, -0.15) is 0 Å². The van der Waals surface area contributed by atoms with Crippen LogP contribution < -0.4 is 16.6 Å². The normalized spacial score (nSPS) is 19.3. The van der Waals surface area contributed by atoms with E-state index >= 15 is 0 Å². The highest BCUT2D eigenvalue weighted by Crippen LogP contribution is 2.22. The molecule has 3 heterocycles. The van der Waals surface area contributed by atoms with Crippen LogP contribution in [0.4, 0.5) is 10.1 Å². The van der Waals surface area contributed by atoms with E-state index in [2.05, 4.69) is 15.3 Å². The molecule has 4 N–H and O–H groups in total. The van der Waals surface area contributed by atoms with Crippen molar-refractivity contribution >= 4 is 17.5 Å². The fourth-order valence-corrected chi connectivity index (χ4v) is 2.93. The number of anilines is 1. The van der Waals surface area contributed by atoms with Crippen molar-refractivity contribution in [1.82, 2.24) is 20.2 Å². The highest BCUT2D eigenvalue weighted by molar-refractivity contribution is 5.94. The van der Waals surface area contributed by atoms with Crippen molar-refractivity contribution in [3.05, 3.63) is 58.3 Å². The third-order valence-electron chi connectivity index (χ3n) is 4.12. The molecule has 1 fully saturated rings. The number of carbonyl (C=O) groups excluding carboxylic acids is 2. The summed E-state index contributed by atoms with van der Waals surface area (Å²) in [7, 11) is 0. The zero-order valence-electron chi connectivity index (χ0n) is 13.8. The van der Waals surface area contributed by atoms with Gasteiger partial charge in [-0.15, -0.1) is 0 Å². The highest BCUT2D eigenvalue weighted by atomic mass is 19.1. The van der Waals surface area contributed by atoms with Crippen molar-refractivity contribution in [3.8, 4) is 0 Å². The van der Waals surface area contributed by atoms with Gasteiger partial charge in [0, 0.05) is 30.9 Å². The van der Waals surface area contributed by atoms with Gasteiger partial charge in [-0.05, 0) is 18.2 Å². The van der Waals surface area contributed by atoms with E-state index in [4.69, 9.17) is 5.73 Å². The van der Waals surface area contributed by atoms with Crippen molar-refractivity contribution in [2.75, 3.05) is 18.8 Å². The van der Waals surface area contributed by atoms with Crippen molar-refractivity contribution in [3.63, 3.8) is 0 Å². The molecule has 1 aliphatic rings. The molecule has 0 aromatic carbocycles. The number of nitrogens with one attached hydrogen (secondary N) is 2. The number of H-pyrrole nitrogens is 1. The second-order valence-corrected chi connectivity index (χ2v) is 6.06. The molecule has 0 unspecified atom stereocenters. The van der Waals surface area contributed by atoms with Gasteiger partial charge < -0.3 is 20.9 Å². The van der Waals surface area contributed by atoms with E-state index in [1.807, 2.05) is 0 Å². The predicted octanol–water partition coefficient (Wildman–Crippen LogP) is 0.335. The zero-order valence-corrected chi connectivity index (χ0v) is 13.8. The summed E-state index contributed by atoms with van der Waals surface area (Å²) in [5, 5.41) is 2.61. The molecule has 0 radical (unpaired) electrons. The first-order valence-electron chi connectivity index (χ1n) is 8.08. The standard InChI is InChI=1S/C17H18FN5O3/c18-10-5-12(23(9-10)17(26)13-3-1-2-4-20-13)8-21-16(25)14-6-11(19)7-15(24)22-14/h1-4,6-7,10,12H,5,8-9H2,(H,21,25)(H3,19,22,24)/t10-,12-/m0/s1. The Kier molecular flexibility index (Phi) is 4.97. The third-order valence-corrected chi connectivity index (χ3v) is 4.12. The molecule has 0 bridgehead atoms. The largest absolute Gasteiger partial charge is 0.399 e. The predicted molar refractivity (Wildman–Crippen MR) is 92.4 cm³/mol. The number of aromatic nitrogens is 2. The lowest BCUT2D eigenvalue weighted by Crippen LogP contribution is -2.43. The van der Waals surface area contributed by atoms with E-state index in [-0.39, 0.29) is 42.5 Å². The second kappa shape index (κ2) is 7.34. The first kappa shape index (κ1) is 17.6. The molecule has 0 aliphatic carbocycles. The summed E-state index contributed by atoms with van der Waals surface area (Å²) in [6.07, 6.45) is 0.437. The molecule has 136 valence electrons. The van der Waals surface area contributed by atoms with Gasteiger partial charge in [0.15, 0.2) is 0 Å². The zero-order chi connectivity index (χ0) is 18.7. The number of rotatable bonds is 4. The summed E-state index contributed by atoms with van der Waals surface area (Å²) < 4.78 is 13.9. The van der Waals surface area contributed by atoms with Gasteiger partial charge >= 0.3 is 0 Å². The molecule has 8 nitrogen and oxygen atoms in total. The molecule has 1 aliphatic heterocycles. The van der Waals surface area contributed by atoms with Crippen LogP contribution in [0, 0.1) is 0 Å². The van der Waals surface area contributed by atoms with E-state index < -0.39 is 23.7 Å². The molecule has 2 aromatic heterocycles. The van der Waals surface area contributed by atoms with Gasteiger partial charge in [0.2, 0.25) is 0 Å². The maximum absolute atomic E-state index is 13.9. The Morgan fingerprint density at radius 2 is 2.19 bits per heavy atom. The van der Waals surface area contributed by atoms with Crippen molar-refractivity contribution in [2.45, 2.75) is 18.6 Å². The van der Waals surface area contributed by atoms with E-state index in [0.717, 1.165) is 6.07 Å². The van der Waals surface area contributed by atoms with Gasteiger partial charge in [-0.1, -0.05) is 6.07 Å². The summed E-state index contributed by atoms with van der Waals surface area (Å²) in [6.45, 7) is -0.000278. The molecule has 2 atom stereocenters. The van der Waals surface area contributed by atoms with Crippen LogP contribution in [-0.4, -0.2) is 52.0 Å². The maximum Gasteiger partial charge on any atom is 0.272 e. The molecule has 0 spiro atoms. The average Bonchev–Trinajstić information content (AvgIpc) is 2.99. The number of likely N-dealkylation sites (tertiary alicyclic amines) is 1. The van der Waals surface area contributed by atoms with Crippen molar-refractivity contribution in [1.29, 1.82) is 0 Å². The Hall–Kier alpha value is -3.23. The lowest BCUT2D eigenvalue weighted by molar-refractivity contribution is 0.0713. The monoisotopic (exact) mass is 359 g/mol. The average molecular weight is 359 g/mol. The summed E-state index contributed by atoms with van der Waals surface area (Å²) in [4.78, 5) is 43.8. The second-order valence-electron chi connectivity index (χ2n) is 6.06. The van der Waals surface area contributed by atoms with Crippen LogP contribution in [0.1, 0.15) is 27.4 Å². The molecule has 9 heteroatoms. The molecule has 2 aromatic rings. The van der Waals surface area contributed by atoms with Gasteiger partial charge in [0.05, 0.1) is 12.6 Å². The van der Waals surface area contributed by atoms with Gasteiger partial charge in [-0.25, -0.2) is 4.39 Å². The molecule has 2 amide bonds. The van der Waals surface area contributed by atoms with E-state index in [1.54, 1.807) is 18.2 Å². The summed E-state index contributed by atoms with van der Waals surface area (Å²) >= 11 is 0. The molecule has 1 saturated heterocycles. The van der Waals surface area contributed by atoms with E-state index in [0.29, 0.717) is 0 Å². The fourth-order valence-electron chi connectivity index (χ4n) is 2.93. The number of hydrogen-bond acceptors (Lipinski definition) is 5. The number of carbonyl (C=O) groups is 2. The SMILES string of the molecule is Nc1cc(C(=O)NC[C@@H]2C[C@H](F)CN2C(=O)c2ccccn2)[nH]c(=O)c1. The van der Waals surface area contributed by atoms with Crippen LogP contribution in [0.2, 0.25) is 0 Å². The summed E-state index contributed by atoms with van der Waals surface area (Å²) in [5.74, 6) is -0.940. The van der Waals surface area contributed by atoms with Crippen LogP contribution in [0.3, 0.4) is 0 Å². The van der Waals surface area contributed by atoms with E-state index in [1.165, 1.54) is 17.2 Å². The maximum atomic E-state index is 13.9. The number of halogens is 1. The minimum atomic E-state index is -1.17. The topological polar surface area (TPSA) is 121 Å². The first-order valence-corrected chi connectivity index (χ1v) is 8.08. The van der Waals surface area contributed by atoms with Crippen LogP contribution in [0.15, 0.2) is 41.3 Å². The van der Waals surface area contributed by atoms with Crippen LogP contribution >= 0.6 is 0 Å². The smallest absolute Gasteiger partial charge is 0.272 e. The summed E-state index contributed by atoms with van der Waals surface area (Å²) in [5.41, 5.74) is 5.45. The molecule has 3 rings (SSSR count). The number of pyridine rings is 2. The number of amides is 2. The number of alkyl halides is 1. The minimum Gasteiger partial charge on any atom is -0.399 e. The fraction of sp³-hybridized carbons (Fsp3) is 0.294. The highest BCUT2D eigenvalue weighted by Gasteiger charge is 2.36. The first-order chi connectivity index (χ1) is 12.4. The Balaban J connectivity index is 1.68. The molecule has 0 saturated carbocycles. The number of hydrogen-bond donors (Lipinski definition) is 3. The molecular weight excluding hydrogens is 341 g/mol. The Bertz CT molecular complexity index is 870. The Labute approximate surface area is 148 Å². The number of nitrogen functional groups attached to an aromatic ring is 1. The lowest BCUT2D eigenvalue weighted by Gasteiger charge is -2.24. The third kappa shape index (κ3) is 3.88. The van der Waals surface area contributed by atoms with Crippen LogP contribution in [-0.2, 0) is 0 Å². The van der Waals surface area contributed by atoms with Crippen molar-refractivity contribution < 1.29 is 14.0 Å². The Morgan fingerprint density at radius 3 is 2.88 bits per heavy atom. The quantitative estimate of drug-likeness (QED) is 0.727. The van der Waals surface area contributed by atoms with Gasteiger partial charge in [-0.3, -0.25) is 19.4 Å². The van der Waals surface area contributed by atoms with E-state index in [9.17, 15) is 18.8 Å². The van der Waals surface area contributed by atoms with Crippen LogP contribution in [0.5, 0.6) is 0 Å². The number of nitrogens with two attached hydrogens (primary N) is 1.